The highest BCUT2D eigenvalue weighted by atomic mass is 35.5. The second-order valence-corrected chi connectivity index (χ2v) is 9.71. The molecule has 0 radical (unpaired) electrons. The summed E-state index contributed by atoms with van der Waals surface area (Å²) in [5.41, 5.74) is 0.189. The summed E-state index contributed by atoms with van der Waals surface area (Å²) in [4.78, 5) is 17.1. The first kappa shape index (κ1) is 24.0. The van der Waals surface area contributed by atoms with Crippen LogP contribution >= 0.6 is 11.6 Å². The maximum Gasteiger partial charge on any atom is 0.269 e. The number of aryl methyl sites for hydroxylation is 1. The van der Waals surface area contributed by atoms with E-state index in [4.69, 9.17) is 21.1 Å². The predicted molar refractivity (Wildman–Crippen MR) is 131 cm³/mol. The highest BCUT2D eigenvalue weighted by Gasteiger charge is 2.24. The van der Waals surface area contributed by atoms with Crippen molar-refractivity contribution in [1.82, 2.24) is 9.38 Å². The van der Waals surface area contributed by atoms with Gasteiger partial charge in [0.15, 0.2) is 11.5 Å². The van der Waals surface area contributed by atoms with E-state index in [1.165, 1.54) is 42.0 Å². The van der Waals surface area contributed by atoms with E-state index in [1.54, 1.807) is 49.4 Å². The van der Waals surface area contributed by atoms with Crippen molar-refractivity contribution in [2.45, 2.75) is 11.8 Å². The van der Waals surface area contributed by atoms with E-state index < -0.39 is 20.3 Å². The molecule has 0 atom stereocenters. The Morgan fingerprint density at radius 1 is 1.09 bits per heavy atom. The quantitative estimate of drug-likeness (QED) is 0.345. The van der Waals surface area contributed by atoms with Crippen molar-refractivity contribution in [1.29, 1.82) is 5.26 Å². The van der Waals surface area contributed by atoms with Crippen LogP contribution < -0.4 is 15.0 Å². The molecule has 0 amide bonds. The number of para-hydroxylation sites is 2. The van der Waals surface area contributed by atoms with Gasteiger partial charge in [-0.05, 0) is 61.0 Å². The molecule has 0 aliphatic heterocycles. The number of fused-ring (bicyclic) bond motifs is 1. The van der Waals surface area contributed by atoms with Crippen LogP contribution in [0.1, 0.15) is 11.1 Å². The van der Waals surface area contributed by atoms with Crippen LogP contribution in [0.4, 0.5) is 0 Å². The number of nitriles is 1. The summed E-state index contributed by atoms with van der Waals surface area (Å²) in [6, 6.07) is 17.2. The van der Waals surface area contributed by atoms with Crippen LogP contribution in [0, 0.1) is 18.3 Å². The Morgan fingerprint density at radius 2 is 1.77 bits per heavy atom. The van der Waals surface area contributed by atoms with E-state index in [2.05, 4.69) is 4.98 Å². The molecule has 0 bridgehead atoms. The first-order chi connectivity index (χ1) is 16.8. The molecule has 0 N–H and O–H groups in total. The molecule has 176 valence electrons. The van der Waals surface area contributed by atoms with Crippen LogP contribution in [0.5, 0.6) is 17.4 Å². The van der Waals surface area contributed by atoms with Crippen LogP contribution in [0.25, 0.3) is 11.7 Å². The summed E-state index contributed by atoms with van der Waals surface area (Å²) in [5, 5.41) is 10.1. The van der Waals surface area contributed by atoms with Gasteiger partial charge in [-0.1, -0.05) is 29.8 Å². The Kier molecular flexibility index (Phi) is 6.60. The fourth-order valence-electron chi connectivity index (χ4n) is 3.34. The Labute approximate surface area is 206 Å². The Morgan fingerprint density at radius 3 is 2.43 bits per heavy atom. The van der Waals surface area contributed by atoms with Gasteiger partial charge < -0.3 is 9.47 Å². The molecule has 2 heterocycles. The van der Waals surface area contributed by atoms with Crippen LogP contribution in [0.15, 0.2) is 81.5 Å². The zero-order valence-corrected chi connectivity index (χ0v) is 20.2. The van der Waals surface area contributed by atoms with Gasteiger partial charge in [0.05, 0.1) is 12.0 Å². The number of sulfone groups is 1. The lowest BCUT2D eigenvalue weighted by atomic mass is 10.2. The number of aromatic nitrogens is 2. The topological polar surface area (TPSA) is 111 Å². The van der Waals surface area contributed by atoms with Crippen molar-refractivity contribution in [3.63, 3.8) is 0 Å². The zero-order chi connectivity index (χ0) is 25.2. The van der Waals surface area contributed by atoms with Gasteiger partial charge >= 0.3 is 0 Å². The summed E-state index contributed by atoms with van der Waals surface area (Å²) in [7, 11) is -2.80. The van der Waals surface area contributed by atoms with Crippen molar-refractivity contribution >= 4 is 33.2 Å². The van der Waals surface area contributed by atoms with E-state index in [9.17, 15) is 18.5 Å². The highest BCUT2D eigenvalue weighted by molar-refractivity contribution is 7.95. The van der Waals surface area contributed by atoms with Gasteiger partial charge in [0.25, 0.3) is 5.56 Å². The second kappa shape index (κ2) is 9.62. The van der Waals surface area contributed by atoms with Crippen LogP contribution in [-0.2, 0) is 9.84 Å². The fourth-order valence-corrected chi connectivity index (χ4v) is 4.61. The van der Waals surface area contributed by atoms with Crippen molar-refractivity contribution < 1.29 is 17.9 Å². The molecule has 4 rings (SSSR count). The number of methoxy groups -OCH3 is 1. The number of rotatable bonds is 6. The average Bonchev–Trinajstić information content (AvgIpc) is 2.85. The van der Waals surface area contributed by atoms with Crippen LogP contribution in [0.2, 0.25) is 5.02 Å². The zero-order valence-electron chi connectivity index (χ0n) is 18.6. The number of nitrogens with zero attached hydrogens (tertiary/aromatic N) is 3. The van der Waals surface area contributed by atoms with Gasteiger partial charge in [0.1, 0.15) is 22.2 Å². The summed E-state index contributed by atoms with van der Waals surface area (Å²) >= 11 is 5.86. The molecule has 0 aliphatic carbocycles. The number of pyridine rings is 1. The maximum atomic E-state index is 13.5. The minimum Gasteiger partial charge on any atom is -0.493 e. The van der Waals surface area contributed by atoms with Crippen LogP contribution in [-0.4, -0.2) is 24.9 Å². The molecular formula is C25H18ClN3O5S. The number of benzene rings is 2. The van der Waals surface area contributed by atoms with Gasteiger partial charge in [0.2, 0.25) is 15.7 Å². The fraction of sp³-hybridized carbons (Fsp3) is 0.0800. The predicted octanol–water partition coefficient (Wildman–Crippen LogP) is 4.80. The van der Waals surface area contributed by atoms with E-state index in [-0.39, 0.29) is 22.1 Å². The maximum absolute atomic E-state index is 13.5. The lowest BCUT2D eigenvalue weighted by molar-refractivity contribution is 0.373. The molecule has 2 aromatic heterocycles. The summed E-state index contributed by atoms with van der Waals surface area (Å²) in [5.74, 6) is 0.463. The van der Waals surface area contributed by atoms with Crippen LogP contribution in [0.3, 0.4) is 0 Å². The summed E-state index contributed by atoms with van der Waals surface area (Å²) in [6.07, 6.45) is 2.47. The third-order valence-corrected chi connectivity index (χ3v) is 7.06. The number of hydrogen-bond donors (Lipinski definition) is 0. The van der Waals surface area contributed by atoms with E-state index in [1.807, 2.05) is 0 Å². The third kappa shape index (κ3) is 4.62. The monoisotopic (exact) mass is 507 g/mol. The van der Waals surface area contributed by atoms with Crippen molar-refractivity contribution in [2.24, 2.45) is 0 Å². The smallest absolute Gasteiger partial charge is 0.269 e. The second-order valence-electron chi connectivity index (χ2n) is 7.35. The first-order valence-electron chi connectivity index (χ1n) is 10.2. The average molecular weight is 508 g/mol. The lowest BCUT2D eigenvalue weighted by Crippen LogP contribution is -2.20. The van der Waals surface area contributed by atoms with Gasteiger partial charge in [0, 0.05) is 11.2 Å². The number of halogens is 1. The minimum atomic E-state index is -4.26. The molecule has 35 heavy (non-hydrogen) atoms. The van der Waals surface area contributed by atoms with Gasteiger partial charge in [-0.15, -0.1) is 0 Å². The Bertz CT molecular complexity index is 1670. The van der Waals surface area contributed by atoms with Crippen molar-refractivity contribution in [3.8, 4) is 23.4 Å². The standard InChI is InChI=1S/C25H18ClN3O5S/c1-16-6-5-13-29-23(16)28-24(34-22-8-4-3-7-21(22)33-2)20(25(29)30)14-19(15-27)35(31,32)18-11-9-17(26)10-12-18/h3-14H,1-2H3. The van der Waals surface area contributed by atoms with Gasteiger partial charge in [-0.25, -0.2) is 8.42 Å². The third-order valence-electron chi connectivity index (χ3n) is 5.12. The number of hydrogen-bond acceptors (Lipinski definition) is 7. The SMILES string of the molecule is COc1ccccc1Oc1nc2c(C)cccn2c(=O)c1C=C(C#N)S(=O)(=O)c1ccc(Cl)cc1. The van der Waals surface area contributed by atoms with E-state index in [0.717, 1.165) is 6.08 Å². The van der Waals surface area contributed by atoms with E-state index >= 15 is 0 Å². The Hall–Kier alpha value is -4.13. The molecule has 2 aromatic carbocycles. The van der Waals surface area contributed by atoms with Crippen molar-refractivity contribution in [3.05, 3.63) is 98.3 Å². The number of ether oxygens (including phenoxy) is 2. The minimum absolute atomic E-state index is 0.147. The summed E-state index contributed by atoms with van der Waals surface area (Å²) < 4.78 is 38.8. The van der Waals surface area contributed by atoms with E-state index in [0.29, 0.717) is 22.0 Å². The molecular weight excluding hydrogens is 490 g/mol. The largest absolute Gasteiger partial charge is 0.493 e. The lowest BCUT2D eigenvalue weighted by Gasteiger charge is -2.13. The molecule has 0 unspecified atom stereocenters. The highest BCUT2D eigenvalue weighted by Crippen LogP contribution is 2.32. The van der Waals surface area contributed by atoms with Gasteiger partial charge in [-0.2, -0.15) is 10.2 Å². The molecule has 0 saturated carbocycles. The first-order valence-corrected chi connectivity index (χ1v) is 12.1. The molecule has 0 saturated heterocycles. The molecule has 0 aliphatic rings. The van der Waals surface area contributed by atoms with Crippen molar-refractivity contribution in [2.75, 3.05) is 7.11 Å². The Balaban J connectivity index is 1.98. The normalized spacial score (nSPS) is 11.8. The summed E-state index contributed by atoms with van der Waals surface area (Å²) in [6.45, 7) is 1.77. The molecule has 10 heteroatoms. The molecule has 4 aromatic rings. The molecule has 0 spiro atoms. The molecule has 8 nitrogen and oxygen atoms in total. The number of allylic oxidation sites excluding steroid dienone is 1. The van der Waals surface area contributed by atoms with Gasteiger partial charge in [-0.3, -0.25) is 9.20 Å². The molecule has 0 fully saturated rings.